The molecule has 0 aliphatic rings. The Balaban J connectivity index is 1.72. The second-order valence-corrected chi connectivity index (χ2v) is 5.78. The molecule has 0 spiro atoms. The highest BCUT2D eigenvalue weighted by Crippen LogP contribution is 2.22. The van der Waals surface area contributed by atoms with Crippen LogP contribution in [0, 0.1) is 0 Å². The molecule has 6 heteroatoms. The number of hydrogen-bond donors (Lipinski definition) is 3. The largest absolute Gasteiger partial charge is 0.394 e. The fourth-order valence-electron chi connectivity index (χ4n) is 1.79. The molecule has 20 heavy (non-hydrogen) atoms. The predicted molar refractivity (Wildman–Crippen MR) is 81.0 cm³/mol. The Morgan fingerprint density at radius 1 is 1.45 bits per heavy atom. The summed E-state index contributed by atoms with van der Waals surface area (Å²) >= 11 is 1.70. The van der Waals surface area contributed by atoms with Crippen LogP contribution in [0.25, 0.3) is 10.2 Å². The van der Waals surface area contributed by atoms with Gasteiger partial charge in [-0.2, -0.15) is 0 Å². The van der Waals surface area contributed by atoms with Crippen LogP contribution in [-0.4, -0.2) is 35.3 Å². The minimum Gasteiger partial charge on any atom is -0.394 e. The van der Waals surface area contributed by atoms with E-state index in [1.165, 1.54) is 4.70 Å². The maximum absolute atomic E-state index is 11.4. The van der Waals surface area contributed by atoms with Crippen molar-refractivity contribution in [3.8, 4) is 0 Å². The van der Waals surface area contributed by atoms with Crippen LogP contribution in [0.3, 0.4) is 0 Å². The van der Waals surface area contributed by atoms with E-state index in [1.54, 1.807) is 18.3 Å². The van der Waals surface area contributed by atoms with Crippen molar-refractivity contribution in [1.82, 2.24) is 15.6 Å². The highest BCUT2D eigenvalue weighted by molar-refractivity contribution is 7.18. The van der Waals surface area contributed by atoms with E-state index in [9.17, 15) is 4.79 Å². The maximum Gasteiger partial charge on any atom is 0.315 e. The minimum absolute atomic E-state index is 0.0564. The summed E-state index contributed by atoms with van der Waals surface area (Å²) in [6.45, 7) is 2.29. The van der Waals surface area contributed by atoms with Crippen molar-refractivity contribution < 1.29 is 9.90 Å². The standard InChI is InChI=1S/C14H19N3O2S/c1-10(9-18)16-14(19)15-8-4-7-13-17-11-5-2-3-6-12(11)20-13/h2-3,5-6,10,18H,4,7-9H2,1H3,(H2,15,16,19). The van der Waals surface area contributed by atoms with Crippen molar-refractivity contribution in [2.24, 2.45) is 0 Å². The number of rotatable bonds is 6. The van der Waals surface area contributed by atoms with Crippen molar-refractivity contribution >= 4 is 27.6 Å². The highest BCUT2D eigenvalue weighted by Gasteiger charge is 2.06. The van der Waals surface area contributed by atoms with E-state index in [2.05, 4.69) is 21.7 Å². The van der Waals surface area contributed by atoms with Gasteiger partial charge >= 0.3 is 6.03 Å². The van der Waals surface area contributed by atoms with Crippen molar-refractivity contribution in [2.45, 2.75) is 25.8 Å². The molecule has 108 valence electrons. The van der Waals surface area contributed by atoms with Crippen molar-refractivity contribution in [3.63, 3.8) is 0 Å². The number of hydrogen-bond acceptors (Lipinski definition) is 4. The molecule has 0 bridgehead atoms. The first kappa shape index (κ1) is 14.7. The molecule has 0 saturated carbocycles. The quantitative estimate of drug-likeness (QED) is 0.712. The zero-order chi connectivity index (χ0) is 14.4. The van der Waals surface area contributed by atoms with Gasteiger partial charge in [0.25, 0.3) is 0 Å². The predicted octanol–water partition coefficient (Wildman–Crippen LogP) is 1.91. The van der Waals surface area contributed by atoms with Crippen molar-refractivity contribution in [3.05, 3.63) is 29.3 Å². The SMILES string of the molecule is CC(CO)NC(=O)NCCCc1nc2ccccc2s1. The van der Waals surface area contributed by atoms with Crippen LogP contribution in [-0.2, 0) is 6.42 Å². The number of nitrogens with one attached hydrogen (secondary N) is 2. The topological polar surface area (TPSA) is 74.2 Å². The number of amides is 2. The average molecular weight is 293 g/mol. The van der Waals surface area contributed by atoms with E-state index < -0.39 is 0 Å². The smallest absolute Gasteiger partial charge is 0.315 e. The van der Waals surface area contributed by atoms with Crippen LogP contribution < -0.4 is 10.6 Å². The van der Waals surface area contributed by atoms with Gasteiger partial charge < -0.3 is 15.7 Å². The minimum atomic E-state index is -0.240. The second-order valence-electron chi connectivity index (χ2n) is 4.66. The molecule has 0 fully saturated rings. The van der Waals surface area contributed by atoms with E-state index in [1.807, 2.05) is 18.2 Å². The number of benzene rings is 1. The summed E-state index contributed by atoms with van der Waals surface area (Å²) in [5, 5.41) is 15.3. The summed E-state index contributed by atoms with van der Waals surface area (Å²) in [6, 6.07) is 7.61. The molecule has 0 aliphatic heterocycles. The number of aromatic nitrogens is 1. The Hall–Kier alpha value is -1.66. The van der Waals surface area contributed by atoms with Gasteiger partial charge in [0.1, 0.15) is 0 Å². The number of carbonyl (C=O) groups excluding carboxylic acids is 1. The number of para-hydroxylation sites is 1. The first-order valence-corrected chi connectivity index (χ1v) is 7.50. The molecule has 0 saturated heterocycles. The van der Waals surface area contributed by atoms with Gasteiger partial charge in [-0.05, 0) is 25.5 Å². The molecule has 5 nitrogen and oxygen atoms in total. The third-order valence-corrected chi connectivity index (χ3v) is 3.94. The number of urea groups is 1. The summed E-state index contributed by atoms with van der Waals surface area (Å²) in [5.41, 5.74) is 1.04. The number of nitrogens with zero attached hydrogens (tertiary/aromatic N) is 1. The van der Waals surface area contributed by atoms with Gasteiger partial charge in [-0.25, -0.2) is 9.78 Å². The summed E-state index contributed by atoms with van der Waals surface area (Å²) in [4.78, 5) is 16.0. The number of fused-ring (bicyclic) bond motifs is 1. The lowest BCUT2D eigenvalue weighted by atomic mass is 10.3. The first-order valence-electron chi connectivity index (χ1n) is 6.68. The lowest BCUT2D eigenvalue weighted by Crippen LogP contribution is -2.42. The zero-order valence-corrected chi connectivity index (χ0v) is 12.2. The lowest BCUT2D eigenvalue weighted by Gasteiger charge is -2.11. The van der Waals surface area contributed by atoms with E-state index in [4.69, 9.17) is 5.11 Å². The third-order valence-electron chi connectivity index (χ3n) is 2.84. The molecule has 3 N–H and O–H groups in total. The molecule has 2 amide bonds. The van der Waals surface area contributed by atoms with Gasteiger partial charge in [0, 0.05) is 13.0 Å². The molecule has 1 unspecified atom stereocenters. The maximum atomic E-state index is 11.4. The monoisotopic (exact) mass is 293 g/mol. The van der Waals surface area contributed by atoms with Crippen LogP contribution in [0.1, 0.15) is 18.4 Å². The van der Waals surface area contributed by atoms with Crippen LogP contribution in [0.15, 0.2) is 24.3 Å². The zero-order valence-electron chi connectivity index (χ0n) is 11.4. The molecule has 0 radical (unpaired) electrons. The molecule has 0 aliphatic carbocycles. The second kappa shape index (κ2) is 7.21. The fraction of sp³-hybridized carbons (Fsp3) is 0.429. The van der Waals surface area contributed by atoms with Gasteiger partial charge in [0.2, 0.25) is 0 Å². The van der Waals surface area contributed by atoms with Gasteiger partial charge in [0.05, 0.1) is 27.9 Å². The fourth-order valence-corrected chi connectivity index (χ4v) is 2.80. The van der Waals surface area contributed by atoms with Crippen molar-refractivity contribution in [2.75, 3.05) is 13.2 Å². The average Bonchev–Trinajstić information content (AvgIpc) is 2.86. The highest BCUT2D eigenvalue weighted by atomic mass is 32.1. The van der Waals surface area contributed by atoms with Crippen molar-refractivity contribution in [1.29, 1.82) is 0 Å². The van der Waals surface area contributed by atoms with E-state index >= 15 is 0 Å². The Labute approximate surface area is 122 Å². The molecule has 2 aromatic rings. The number of aliphatic hydroxyl groups is 1. The molecule has 1 aromatic carbocycles. The molecule has 1 aromatic heterocycles. The summed E-state index contributed by atoms with van der Waals surface area (Å²) in [7, 11) is 0. The van der Waals surface area contributed by atoms with Crippen LogP contribution in [0.2, 0.25) is 0 Å². The van der Waals surface area contributed by atoms with Gasteiger partial charge in [-0.3, -0.25) is 0 Å². The van der Waals surface area contributed by atoms with E-state index in [0.29, 0.717) is 6.54 Å². The summed E-state index contributed by atoms with van der Waals surface area (Å²) in [6.07, 6.45) is 1.70. The summed E-state index contributed by atoms with van der Waals surface area (Å²) in [5.74, 6) is 0. The van der Waals surface area contributed by atoms with Gasteiger partial charge in [0.15, 0.2) is 0 Å². The third kappa shape index (κ3) is 4.18. The Morgan fingerprint density at radius 2 is 2.25 bits per heavy atom. The van der Waals surface area contributed by atoms with E-state index in [0.717, 1.165) is 23.4 Å². The Morgan fingerprint density at radius 3 is 3.00 bits per heavy atom. The number of aryl methyl sites for hydroxylation is 1. The number of thiazole rings is 1. The van der Waals surface area contributed by atoms with E-state index in [-0.39, 0.29) is 18.7 Å². The molecular weight excluding hydrogens is 274 g/mol. The molecule has 1 atom stereocenters. The molecular formula is C14H19N3O2S. The van der Waals surface area contributed by atoms with Gasteiger partial charge in [-0.1, -0.05) is 12.1 Å². The Bertz CT molecular complexity index is 537. The van der Waals surface area contributed by atoms with Crippen LogP contribution in [0.4, 0.5) is 4.79 Å². The number of carbonyl (C=O) groups is 1. The Kier molecular flexibility index (Phi) is 5.31. The number of aliphatic hydroxyl groups excluding tert-OH is 1. The van der Waals surface area contributed by atoms with Gasteiger partial charge in [-0.15, -0.1) is 11.3 Å². The molecule has 1 heterocycles. The normalized spacial score (nSPS) is 12.3. The first-order chi connectivity index (χ1) is 9.69. The molecule has 2 rings (SSSR count). The lowest BCUT2D eigenvalue weighted by molar-refractivity contribution is 0.220. The van der Waals surface area contributed by atoms with Crippen LogP contribution >= 0.6 is 11.3 Å². The van der Waals surface area contributed by atoms with Crippen LogP contribution in [0.5, 0.6) is 0 Å². The summed E-state index contributed by atoms with van der Waals surface area (Å²) < 4.78 is 1.20.